The van der Waals surface area contributed by atoms with E-state index in [9.17, 15) is 9.90 Å². The van der Waals surface area contributed by atoms with E-state index in [1.807, 2.05) is 60.7 Å². The zero-order valence-corrected chi connectivity index (χ0v) is 15.4. The summed E-state index contributed by atoms with van der Waals surface area (Å²) in [6, 6.07) is 23.2. The number of hydrogen-bond acceptors (Lipinski definition) is 4. The summed E-state index contributed by atoms with van der Waals surface area (Å²) < 4.78 is 11.7. The van der Waals surface area contributed by atoms with Gasteiger partial charge in [-0.3, -0.25) is 0 Å². The van der Waals surface area contributed by atoms with Gasteiger partial charge in [0.15, 0.2) is 5.75 Å². The molecule has 1 aliphatic rings. The van der Waals surface area contributed by atoms with Gasteiger partial charge in [0.1, 0.15) is 24.5 Å². The predicted molar refractivity (Wildman–Crippen MR) is 107 cm³/mol. The number of carboxylic acid groups (broad SMARTS) is 1. The van der Waals surface area contributed by atoms with Gasteiger partial charge in [-0.05, 0) is 23.8 Å². The maximum absolute atomic E-state index is 11.5. The minimum atomic E-state index is -0.981. The van der Waals surface area contributed by atoms with E-state index in [1.165, 1.54) is 0 Å². The molecule has 3 aromatic carbocycles. The van der Waals surface area contributed by atoms with Crippen molar-refractivity contribution in [1.82, 2.24) is 0 Å². The molecular weight excluding hydrogens is 354 g/mol. The van der Waals surface area contributed by atoms with Crippen molar-refractivity contribution in [3.05, 3.63) is 89.5 Å². The molecule has 4 rings (SSSR count). The lowest BCUT2D eigenvalue weighted by molar-refractivity contribution is 0.0692. The second-order valence-electron chi connectivity index (χ2n) is 6.61. The van der Waals surface area contributed by atoms with Gasteiger partial charge in [-0.15, -0.1) is 0 Å². The lowest BCUT2D eigenvalue weighted by Gasteiger charge is -2.32. The summed E-state index contributed by atoms with van der Waals surface area (Å²) in [5.74, 6) is 0.281. The molecule has 5 heteroatoms. The van der Waals surface area contributed by atoms with Crippen molar-refractivity contribution in [2.24, 2.45) is 0 Å². The van der Waals surface area contributed by atoms with Gasteiger partial charge < -0.3 is 19.5 Å². The van der Waals surface area contributed by atoms with Crippen molar-refractivity contribution in [3.8, 4) is 11.5 Å². The third-order valence-electron chi connectivity index (χ3n) is 4.74. The highest BCUT2D eigenvalue weighted by molar-refractivity contribution is 5.93. The van der Waals surface area contributed by atoms with Gasteiger partial charge in [0, 0.05) is 12.1 Å². The Morgan fingerprint density at radius 2 is 1.79 bits per heavy atom. The third-order valence-corrected chi connectivity index (χ3v) is 4.74. The van der Waals surface area contributed by atoms with Crippen LogP contribution in [0.3, 0.4) is 0 Å². The molecule has 3 aromatic rings. The summed E-state index contributed by atoms with van der Waals surface area (Å²) in [7, 11) is 0. The number of carbonyl (C=O) groups is 1. The predicted octanol–water partition coefficient (Wildman–Crippen LogP) is 4.36. The monoisotopic (exact) mass is 375 g/mol. The number of anilines is 1. The number of aromatic carboxylic acids is 1. The third kappa shape index (κ3) is 3.78. The standard InChI is InChI=1S/C23H21NO4/c25-23(26)19-10-6-11-20-22(19)27-14-13-24(20)15-18-9-4-5-12-21(18)28-16-17-7-2-1-3-8-17/h1-12H,13-16H2,(H,25,26). The number of para-hydroxylation sites is 2. The summed E-state index contributed by atoms with van der Waals surface area (Å²) in [5.41, 5.74) is 3.15. The van der Waals surface area contributed by atoms with Crippen LogP contribution in [0.15, 0.2) is 72.8 Å². The van der Waals surface area contributed by atoms with E-state index in [1.54, 1.807) is 12.1 Å². The highest BCUT2D eigenvalue weighted by Crippen LogP contribution is 2.36. The summed E-state index contributed by atoms with van der Waals surface area (Å²) in [6.45, 7) is 2.25. The van der Waals surface area contributed by atoms with E-state index < -0.39 is 5.97 Å². The first-order valence-electron chi connectivity index (χ1n) is 9.21. The minimum Gasteiger partial charge on any atom is -0.489 e. The Balaban J connectivity index is 1.56. The summed E-state index contributed by atoms with van der Waals surface area (Å²) >= 11 is 0. The smallest absolute Gasteiger partial charge is 0.339 e. The Morgan fingerprint density at radius 1 is 1.00 bits per heavy atom. The SMILES string of the molecule is O=C(O)c1cccc2c1OCCN2Cc1ccccc1OCc1ccccc1. The molecule has 0 bridgehead atoms. The van der Waals surface area contributed by atoms with Crippen molar-refractivity contribution in [1.29, 1.82) is 0 Å². The summed E-state index contributed by atoms with van der Waals surface area (Å²) in [6.07, 6.45) is 0. The number of carboxylic acids is 1. The molecule has 142 valence electrons. The van der Waals surface area contributed by atoms with Crippen LogP contribution >= 0.6 is 0 Å². The molecule has 28 heavy (non-hydrogen) atoms. The van der Waals surface area contributed by atoms with Crippen LogP contribution in [-0.4, -0.2) is 24.2 Å². The van der Waals surface area contributed by atoms with E-state index in [0.717, 1.165) is 22.6 Å². The van der Waals surface area contributed by atoms with Crippen LogP contribution in [0.4, 0.5) is 5.69 Å². The van der Waals surface area contributed by atoms with Crippen LogP contribution in [0, 0.1) is 0 Å². The average molecular weight is 375 g/mol. The Morgan fingerprint density at radius 3 is 2.61 bits per heavy atom. The van der Waals surface area contributed by atoms with E-state index in [2.05, 4.69) is 4.90 Å². The van der Waals surface area contributed by atoms with Crippen LogP contribution < -0.4 is 14.4 Å². The van der Waals surface area contributed by atoms with E-state index >= 15 is 0 Å². The normalized spacial score (nSPS) is 12.8. The second kappa shape index (κ2) is 8.05. The molecule has 0 radical (unpaired) electrons. The summed E-state index contributed by atoms with van der Waals surface area (Å²) in [4.78, 5) is 13.6. The van der Waals surface area contributed by atoms with Crippen LogP contribution in [-0.2, 0) is 13.2 Å². The first-order chi connectivity index (χ1) is 13.7. The lowest BCUT2D eigenvalue weighted by Crippen LogP contribution is -2.33. The number of benzene rings is 3. The molecule has 0 spiro atoms. The fraction of sp³-hybridized carbons (Fsp3) is 0.174. The average Bonchev–Trinajstić information content (AvgIpc) is 2.73. The molecule has 0 atom stereocenters. The van der Waals surface area contributed by atoms with Crippen LogP contribution in [0.2, 0.25) is 0 Å². The van der Waals surface area contributed by atoms with Crippen molar-refractivity contribution in [2.75, 3.05) is 18.1 Å². The molecule has 0 aliphatic carbocycles. The molecule has 0 fully saturated rings. The topological polar surface area (TPSA) is 59.0 Å². The van der Waals surface area contributed by atoms with Gasteiger partial charge in [-0.25, -0.2) is 4.79 Å². The van der Waals surface area contributed by atoms with Gasteiger partial charge in [0.2, 0.25) is 0 Å². The number of nitrogens with zero attached hydrogens (tertiary/aromatic N) is 1. The fourth-order valence-electron chi connectivity index (χ4n) is 3.35. The van der Waals surface area contributed by atoms with Crippen LogP contribution in [0.1, 0.15) is 21.5 Å². The van der Waals surface area contributed by atoms with E-state index in [4.69, 9.17) is 9.47 Å². The maximum Gasteiger partial charge on any atom is 0.339 e. The largest absolute Gasteiger partial charge is 0.489 e. The van der Waals surface area contributed by atoms with Gasteiger partial charge >= 0.3 is 5.97 Å². The first-order valence-corrected chi connectivity index (χ1v) is 9.21. The van der Waals surface area contributed by atoms with Crippen molar-refractivity contribution in [2.45, 2.75) is 13.2 Å². The number of hydrogen-bond donors (Lipinski definition) is 1. The van der Waals surface area contributed by atoms with Gasteiger partial charge in [0.05, 0.1) is 12.2 Å². The van der Waals surface area contributed by atoms with Crippen molar-refractivity contribution >= 4 is 11.7 Å². The fourth-order valence-corrected chi connectivity index (χ4v) is 3.35. The molecule has 1 aliphatic heterocycles. The molecule has 1 N–H and O–H groups in total. The van der Waals surface area contributed by atoms with Crippen molar-refractivity contribution in [3.63, 3.8) is 0 Å². The quantitative estimate of drug-likeness (QED) is 0.694. The lowest BCUT2D eigenvalue weighted by atomic mass is 10.1. The highest BCUT2D eigenvalue weighted by atomic mass is 16.5. The molecular formula is C23H21NO4. The zero-order valence-electron chi connectivity index (χ0n) is 15.4. The molecule has 0 saturated heterocycles. The molecule has 5 nitrogen and oxygen atoms in total. The molecule has 0 amide bonds. The molecule has 0 aromatic heterocycles. The van der Waals surface area contributed by atoms with Gasteiger partial charge in [-0.2, -0.15) is 0 Å². The Kier molecular flexibility index (Phi) is 5.15. The number of ether oxygens (including phenoxy) is 2. The maximum atomic E-state index is 11.5. The Labute approximate surface area is 163 Å². The second-order valence-corrected chi connectivity index (χ2v) is 6.61. The van der Waals surface area contributed by atoms with Crippen LogP contribution in [0.5, 0.6) is 11.5 Å². The number of rotatable bonds is 6. The first kappa shape index (κ1) is 17.9. The number of fused-ring (bicyclic) bond motifs is 1. The zero-order chi connectivity index (χ0) is 19.3. The van der Waals surface area contributed by atoms with E-state index in [0.29, 0.717) is 32.1 Å². The minimum absolute atomic E-state index is 0.191. The van der Waals surface area contributed by atoms with Crippen LogP contribution in [0.25, 0.3) is 0 Å². The van der Waals surface area contributed by atoms with Gasteiger partial charge in [0.25, 0.3) is 0 Å². The van der Waals surface area contributed by atoms with Crippen molar-refractivity contribution < 1.29 is 19.4 Å². The Hall–Kier alpha value is -3.47. The highest BCUT2D eigenvalue weighted by Gasteiger charge is 2.24. The Bertz CT molecular complexity index is 971. The van der Waals surface area contributed by atoms with Gasteiger partial charge in [-0.1, -0.05) is 54.6 Å². The van der Waals surface area contributed by atoms with E-state index in [-0.39, 0.29) is 5.56 Å². The summed E-state index contributed by atoms with van der Waals surface area (Å²) in [5, 5.41) is 9.42. The molecule has 0 unspecified atom stereocenters. The molecule has 0 saturated carbocycles. The molecule has 1 heterocycles.